The molecule has 1 aromatic rings. The first-order chi connectivity index (χ1) is 12.0. The smallest absolute Gasteiger partial charge is 0.370 e. The minimum absolute atomic E-state index is 0.0298. The van der Waals surface area contributed by atoms with Gasteiger partial charge >= 0.3 is 6.18 Å². The minimum Gasteiger partial charge on any atom is -0.370 e. The maximum absolute atomic E-state index is 12.7. The molecule has 148 valence electrons. The van der Waals surface area contributed by atoms with E-state index in [1.54, 1.807) is 20.8 Å². The lowest BCUT2D eigenvalue weighted by atomic mass is 10.1. The molecule has 1 rings (SSSR count). The fourth-order valence-corrected chi connectivity index (χ4v) is 3.96. The zero-order valence-corrected chi connectivity index (χ0v) is 15.7. The molecule has 0 saturated carbocycles. The van der Waals surface area contributed by atoms with E-state index in [1.165, 1.54) is 22.5 Å². The third-order valence-electron chi connectivity index (χ3n) is 3.57. The normalized spacial score (nSPS) is 12.4. The van der Waals surface area contributed by atoms with Crippen molar-refractivity contribution in [3.05, 3.63) is 29.3 Å². The topological polar surface area (TPSA) is 75.7 Å². The molecule has 0 saturated heterocycles. The highest BCUT2D eigenvalue weighted by Gasteiger charge is 2.27. The van der Waals surface area contributed by atoms with Gasteiger partial charge in [-0.1, -0.05) is 19.9 Å². The molecule has 10 heteroatoms. The molecule has 1 aromatic carbocycles. The van der Waals surface area contributed by atoms with Gasteiger partial charge in [0.1, 0.15) is 6.61 Å². The number of amides is 1. The lowest BCUT2D eigenvalue weighted by molar-refractivity contribution is -0.173. The van der Waals surface area contributed by atoms with Gasteiger partial charge in [-0.3, -0.25) is 4.79 Å². The quantitative estimate of drug-likeness (QED) is 0.650. The second-order valence-electron chi connectivity index (χ2n) is 5.49. The Morgan fingerprint density at radius 2 is 1.85 bits per heavy atom. The lowest BCUT2D eigenvalue weighted by Gasteiger charge is -2.20. The van der Waals surface area contributed by atoms with Crippen molar-refractivity contribution >= 4 is 15.9 Å². The van der Waals surface area contributed by atoms with Crippen LogP contribution in [0.3, 0.4) is 0 Å². The SMILES string of the molecule is CCN(CC)S(=O)(=O)c1cc(C(=O)NCCOCC(F)(F)F)ccc1C. The summed E-state index contributed by atoms with van der Waals surface area (Å²) in [5, 5.41) is 2.40. The summed E-state index contributed by atoms with van der Waals surface area (Å²) in [7, 11) is -3.73. The van der Waals surface area contributed by atoms with Crippen LogP contribution in [0.2, 0.25) is 0 Å². The molecule has 26 heavy (non-hydrogen) atoms. The van der Waals surface area contributed by atoms with Gasteiger partial charge in [-0.25, -0.2) is 8.42 Å². The molecule has 6 nitrogen and oxygen atoms in total. The van der Waals surface area contributed by atoms with E-state index in [9.17, 15) is 26.4 Å². The number of nitrogens with one attached hydrogen (secondary N) is 1. The Morgan fingerprint density at radius 3 is 2.38 bits per heavy atom. The van der Waals surface area contributed by atoms with Crippen LogP contribution >= 0.6 is 0 Å². The summed E-state index contributed by atoms with van der Waals surface area (Å²) in [6, 6.07) is 4.25. The lowest BCUT2D eigenvalue weighted by Crippen LogP contribution is -2.32. The molecule has 0 unspecified atom stereocenters. The Morgan fingerprint density at radius 1 is 1.23 bits per heavy atom. The molecule has 0 radical (unpaired) electrons. The summed E-state index contributed by atoms with van der Waals surface area (Å²) in [6.45, 7) is 3.84. The standard InChI is InChI=1S/C16H23F3N2O4S/c1-4-21(5-2)26(23,24)14-10-13(7-6-12(14)3)15(22)20-8-9-25-11-16(17,18)19/h6-7,10H,4-5,8-9,11H2,1-3H3,(H,20,22). The number of hydrogen-bond acceptors (Lipinski definition) is 4. The Balaban J connectivity index is 2.82. The minimum atomic E-state index is -4.42. The summed E-state index contributed by atoms with van der Waals surface area (Å²) in [5.74, 6) is -0.586. The van der Waals surface area contributed by atoms with Crippen LogP contribution in [0.4, 0.5) is 13.2 Å². The second kappa shape index (κ2) is 9.33. The Bertz CT molecular complexity index is 717. The van der Waals surface area contributed by atoms with E-state index in [0.717, 1.165) is 0 Å². The average molecular weight is 396 g/mol. The summed E-state index contributed by atoms with van der Waals surface area (Å²) in [6.07, 6.45) is -4.42. The molecule has 0 aliphatic carbocycles. The molecule has 0 spiro atoms. The first-order valence-electron chi connectivity index (χ1n) is 8.06. The van der Waals surface area contributed by atoms with Gasteiger partial charge in [0.25, 0.3) is 5.91 Å². The predicted octanol–water partition coefficient (Wildman–Crippen LogP) is 2.33. The molecule has 0 bridgehead atoms. The monoisotopic (exact) mass is 396 g/mol. The number of ether oxygens (including phenoxy) is 1. The number of hydrogen-bond donors (Lipinski definition) is 1. The molecule has 0 aromatic heterocycles. The number of sulfonamides is 1. The highest BCUT2D eigenvalue weighted by molar-refractivity contribution is 7.89. The molecule has 0 aliphatic rings. The van der Waals surface area contributed by atoms with E-state index in [-0.39, 0.29) is 23.6 Å². The van der Waals surface area contributed by atoms with E-state index >= 15 is 0 Å². The zero-order valence-electron chi connectivity index (χ0n) is 14.9. The van der Waals surface area contributed by atoms with Crippen LogP contribution in [0, 0.1) is 6.92 Å². The fraction of sp³-hybridized carbons (Fsp3) is 0.562. The Hall–Kier alpha value is -1.65. The number of benzene rings is 1. The van der Waals surface area contributed by atoms with Crippen LogP contribution < -0.4 is 5.32 Å². The third kappa shape index (κ3) is 6.26. The van der Waals surface area contributed by atoms with E-state index in [1.807, 2.05) is 0 Å². The van der Waals surface area contributed by atoms with E-state index in [4.69, 9.17) is 0 Å². The van der Waals surface area contributed by atoms with Crippen LogP contribution in [0.5, 0.6) is 0 Å². The molecular formula is C16H23F3N2O4S. The number of carbonyl (C=O) groups excluding carboxylic acids is 1. The highest BCUT2D eigenvalue weighted by atomic mass is 32.2. The third-order valence-corrected chi connectivity index (χ3v) is 5.76. The van der Waals surface area contributed by atoms with Crippen LogP contribution in [0.15, 0.2) is 23.1 Å². The van der Waals surface area contributed by atoms with Gasteiger partial charge in [-0.2, -0.15) is 17.5 Å². The molecule has 1 amide bonds. The number of nitrogens with zero attached hydrogens (tertiary/aromatic N) is 1. The van der Waals surface area contributed by atoms with Crippen molar-refractivity contribution in [3.63, 3.8) is 0 Å². The van der Waals surface area contributed by atoms with Crippen molar-refractivity contribution in [2.75, 3.05) is 32.8 Å². The largest absolute Gasteiger partial charge is 0.411 e. The van der Waals surface area contributed by atoms with Crippen molar-refractivity contribution in [3.8, 4) is 0 Å². The van der Waals surface area contributed by atoms with Gasteiger partial charge in [0.15, 0.2) is 0 Å². The maximum atomic E-state index is 12.7. The van der Waals surface area contributed by atoms with E-state index < -0.39 is 28.7 Å². The van der Waals surface area contributed by atoms with Crippen LogP contribution in [0.25, 0.3) is 0 Å². The van der Waals surface area contributed by atoms with Crippen molar-refractivity contribution in [1.29, 1.82) is 0 Å². The van der Waals surface area contributed by atoms with Crippen LogP contribution in [-0.4, -0.2) is 57.7 Å². The van der Waals surface area contributed by atoms with Gasteiger partial charge in [0.05, 0.1) is 11.5 Å². The van der Waals surface area contributed by atoms with Crippen LogP contribution in [0.1, 0.15) is 29.8 Å². The summed E-state index contributed by atoms with van der Waals surface area (Å²) in [5.41, 5.74) is 0.610. The van der Waals surface area contributed by atoms with Gasteiger partial charge in [0.2, 0.25) is 10.0 Å². The summed E-state index contributed by atoms with van der Waals surface area (Å²) < 4.78 is 66.8. The number of rotatable bonds is 9. The number of aryl methyl sites for hydroxylation is 1. The average Bonchev–Trinajstić information content (AvgIpc) is 2.54. The molecule has 0 heterocycles. The van der Waals surface area contributed by atoms with Gasteiger partial charge in [0, 0.05) is 25.2 Å². The van der Waals surface area contributed by atoms with Crippen molar-refractivity contribution in [1.82, 2.24) is 9.62 Å². The summed E-state index contributed by atoms with van der Waals surface area (Å²) in [4.78, 5) is 12.1. The number of alkyl halides is 3. The molecule has 0 aliphatic heterocycles. The molecule has 0 atom stereocenters. The van der Waals surface area contributed by atoms with Gasteiger partial charge in [-0.05, 0) is 24.6 Å². The van der Waals surface area contributed by atoms with Crippen molar-refractivity contribution in [2.45, 2.75) is 31.8 Å². The molecule has 1 N–H and O–H groups in total. The van der Waals surface area contributed by atoms with Crippen LogP contribution in [-0.2, 0) is 14.8 Å². The zero-order chi connectivity index (χ0) is 20.0. The Kier molecular flexibility index (Phi) is 8.04. The summed E-state index contributed by atoms with van der Waals surface area (Å²) >= 11 is 0. The van der Waals surface area contributed by atoms with E-state index in [2.05, 4.69) is 10.1 Å². The van der Waals surface area contributed by atoms with Crippen molar-refractivity contribution in [2.24, 2.45) is 0 Å². The first-order valence-corrected chi connectivity index (χ1v) is 9.50. The maximum Gasteiger partial charge on any atom is 0.411 e. The number of halogens is 3. The predicted molar refractivity (Wildman–Crippen MR) is 90.5 cm³/mol. The van der Waals surface area contributed by atoms with E-state index in [0.29, 0.717) is 18.7 Å². The van der Waals surface area contributed by atoms with Gasteiger partial charge < -0.3 is 10.1 Å². The Labute approximate surface area is 151 Å². The molecule has 0 fully saturated rings. The first kappa shape index (κ1) is 22.4. The van der Waals surface area contributed by atoms with Gasteiger partial charge in [-0.15, -0.1) is 0 Å². The second-order valence-corrected chi connectivity index (χ2v) is 7.40. The van der Waals surface area contributed by atoms with Crippen molar-refractivity contribution < 1.29 is 31.1 Å². The number of carbonyl (C=O) groups is 1. The molecular weight excluding hydrogens is 373 g/mol. The fourth-order valence-electron chi connectivity index (χ4n) is 2.25. The highest BCUT2D eigenvalue weighted by Crippen LogP contribution is 2.21.